The van der Waals surface area contributed by atoms with Gasteiger partial charge in [0, 0.05) is 12.1 Å². The predicted octanol–water partition coefficient (Wildman–Crippen LogP) is 4.35. The maximum absolute atomic E-state index is 12.2. The Morgan fingerprint density at radius 3 is 2.73 bits per heavy atom. The minimum atomic E-state index is -0.221. The van der Waals surface area contributed by atoms with Crippen LogP contribution in [0.2, 0.25) is 0 Å². The van der Waals surface area contributed by atoms with Gasteiger partial charge in [0.2, 0.25) is 0 Å². The number of hydrogen-bond donors (Lipinski definition) is 2. The standard InChI is InChI=1S/C21H28N2O3/c1-5-11-26-18-8-6-7-17(13-18)14-22-21(24)23-16(3)19-12-15(2)9-10-20(19)25-4/h6-10,12-13,16H,5,11,14H2,1-4H3,(H2,22,23,24). The third-order valence-electron chi connectivity index (χ3n) is 4.02. The van der Waals surface area contributed by atoms with Gasteiger partial charge in [0.25, 0.3) is 0 Å². The highest BCUT2D eigenvalue weighted by Crippen LogP contribution is 2.26. The van der Waals surface area contributed by atoms with Gasteiger partial charge in [0.05, 0.1) is 19.8 Å². The van der Waals surface area contributed by atoms with E-state index in [-0.39, 0.29) is 12.1 Å². The normalized spacial score (nSPS) is 11.5. The van der Waals surface area contributed by atoms with Gasteiger partial charge in [-0.25, -0.2) is 4.79 Å². The molecule has 1 unspecified atom stereocenters. The van der Waals surface area contributed by atoms with Crippen LogP contribution >= 0.6 is 0 Å². The minimum absolute atomic E-state index is 0.163. The van der Waals surface area contributed by atoms with Crippen LogP contribution < -0.4 is 20.1 Å². The Morgan fingerprint density at radius 1 is 1.19 bits per heavy atom. The summed E-state index contributed by atoms with van der Waals surface area (Å²) >= 11 is 0. The molecule has 0 fully saturated rings. The Morgan fingerprint density at radius 2 is 2.00 bits per heavy atom. The molecule has 0 saturated heterocycles. The van der Waals surface area contributed by atoms with Crippen molar-refractivity contribution in [3.63, 3.8) is 0 Å². The van der Waals surface area contributed by atoms with Crippen LogP contribution in [0.25, 0.3) is 0 Å². The van der Waals surface area contributed by atoms with Gasteiger partial charge in [0.1, 0.15) is 11.5 Å². The second-order valence-corrected chi connectivity index (χ2v) is 6.29. The molecule has 1 atom stereocenters. The molecule has 26 heavy (non-hydrogen) atoms. The lowest BCUT2D eigenvalue weighted by molar-refractivity contribution is 0.237. The van der Waals surface area contributed by atoms with Gasteiger partial charge in [-0.15, -0.1) is 0 Å². The van der Waals surface area contributed by atoms with Crippen molar-refractivity contribution in [3.8, 4) is 11.5 Å². The molecular formula is C21H28N2O3. The van der Waals surface area contributed by atoms with Gasteiger partial charge in [-0.2, -0.15) is 0 Å². The molecule has 2 aromatic carbocycles. The van der Waals surface area contributed by atoms with Crippen molar-refractivity contribution < 1.29 is 14.3 Å². The molecule has 0 radical (unpaired) electrons. The van der Waals surface area contributed by atoms with E-state index >= 15 is 0 Å². The Bertz CT molecular complexity index is 731. The highest BCUT2D eigenvalue weighted by Gasteiger charge is 2.14. The summed E-state index contributed by atoms with van der Waals surface area (Å²) in [5.74, 6) is 1.59. The molecule has 5 heteroatoms. The first kappa shape index (κ1) is 19.6. The zero-order valence-corrected chi connectivity index (χ0v) is 16.0. The van der Waals surface area contributed by atoms with E-state index in [1.54, 1.807) is 7.11 Å². The summed E-state index contributed by atoms with van der Waals surface area (Å²) in [6, 6.07) is 13.3. The van der Waals surface area contributed by atoms with E-state index in [2.05, 4.69) is 17.6 Å². The summed E-state index contributed by atoms with van der Waals surface area (Å²) in [6.45, 7) is 7.15. The van der Waals surface area contributed by atoms with E-state index in [1.807, 2.05) is 56.3 Å². The van der Waals surface area contributed by atoms with Crippen LogP contribution in [-0.2, 0) is 6.54 Å². The zero-order valence-electron chi connectivity index (χ0n) is 16.0. The number of hydrogen-bond acceptors (Lipinski definition) is 3. The van der Waals surface area contributed by atoms with Crippen LogP contribution in [0.15, 0.2) is 42.5 Å². The number of urea groups is 1. The van der Waals surface area contributed by atoms with Crippen LogP contribution in [0.1, 0.15) is 43.0 Å². The molecule has 0 aliphatic heterocycles. The molecule has 0 saturated carbocycles. The molecular weight excluding hydrogens is 328 g/mol. The average molecular weight is 356 g/mol. The molecule has 0 aromatic heterocycles. The fraction of sp³-hybridized carbons (Fsp3) is 0.381. The van der Waals surface area contributed by atoms with Gasteiger partial charge in [-0.3, -0.25) is 0 Å². The number of benzene rings is 2. The number of methoxy groups -OCH3 is 1. The lowest BCUT2D eigenvalue weighted by atomic mass is 10.0. The second-order valence-electron chi connectivity index (χ2n) is 6.29. The molecule has 0 spiro atoms. The Hall–Kier alpha value is -2.69. The molecule has 2 N–H and O–H groups in total. The highest BCUT2D eigenvalue weighted by atomic mass is 16.5. The van der Waals surface area contributed by atoms with E-state index in [1.165, 1.54) is 0 Å². The molecule has 0 aliphatic rings. The van der Waals surface area contributed by atoms with Crippen molar-refractivity contribution >= 4 is 6.03 Å². The van der Waals surface area contributed by atoms with Gasteiger partial charge in [0.15, 0.2) is 0 Å². The number of nitrogens with one attached hydrogen (secondary N) is 2. The largest absolute Gasteiger partial charge is 0.496 e. The highest BCUT2D eigenvalue weighted by molar-refractivity contribution is 5.74. The molecule has 0 aliphatic carbocycles. The summed E-state index contributed by atoms with van der Waals surface area (Å²) in [6.07, 6.45) is 0.963. The fourth-order valence-corrected chi connectivity index (χ4v) is 2.67. The summed E-state index contributed by atoms with van der Waals surface area (Å²) < 4.78 is 11.0. The quantitative estimate of drug-likeness (QED) is 0.739. The molecule has 0 bridgehead atoms. The molecule has 140 valence electrons. The fourth-order valence-electron chi connectivity index (χ4n) is 2.67. The first-order valence-electron chi connectivity index (χ1n) is 8.94. The van der Waals surface area contributed by atoms with Crippen LogP contribution in [0.4, 0.5) is 4.79 Å². The smallest absolute Gasteiger partial charge is 0.315 e. The number of carbonyl (C=O) groups excluding carboxylic acids is 1. The van der Waals surface area contributed by atoms with Crippen molar-refractivity contribution in [2.45, 2.75) is 39.8 Å². The molecule has 2 aromatic rings. The van der Waals surface area contributed by atoms with Crippen molar-refractivity contribution in [2.24, 2.45) is 0 Å². The van der Waals surface area contributed by atoms with Crippen molar-refractivity contribution in [2.75, 3.05) is 13.7 Å². The number of aryl methyl sites for hydroxylation is 1. The minimum Gasteiger partial charge on any atom is -0.496 e. The third-order valence-corrected chi connectivity index (χ3v) is 4.02. The lowest BCUT2D eigenvalue weighted by Crippen LogP contribution is -2.36. The van der Waals surface area contributed by atoms with Gasteiger partial charge >= 0.3 is 6.03 Å². The SMILES string of the molecule is CCCOc1cccc(CNC(=O)NC(C)c2cc(C)ccc2OC)c1. The molecule has 2 amide bonds. The lowest BCUT2D eigenvalue weighted by Gasteiger charge is -2.18. The first-order valence-corrected chi connectivity index (χ1v) is 8.94. The third kappa shape index (κ3) is 5.69. The van der Waals surface area contributed by atoms with E-state index in [4.69, 9.17) is 9.47 Å². The van der Waals surface area contributed by atoms with Gasteiger partial charge in [-0.05, 0) is 44.0 Å². The second kappa shape index (κ2) is 9.70. The van der Waals surface area contributed by atoms with Crippen molar-refractivity contribution in [1.82, 2.24) is 10.6 Å². The van der Waals surface area contributed by atoms with E-state index in [0.29, 0.717) is 13.2 Å². The average Bonchev–Trinajstić information content (AvgIpc) is 2.65. The molecule has 0 heterocycles. The Labute approximate surface area is 155 Å². The number of amides is 2. The summed E-state index contributed by atoms with van der Waals surface area (Å²) in [5, 5.41) is 5.84. The number of ether oxygens (including phenoxy) is 2. The van der Waals surface area contributed by atoms with Crippen LogP contribution in [-0.4, -0.2) is 19.7 Å². The van der Waals surface area contributed by atoms with Crippen molar-refractivity contribution in [3.05, 3.63) is 59.2 Å². The van der Waals surface area contributed by atoms with E-state index in [9.17, 15) is 4.79 Å². The van der Waals surface area contributed by atoms with Gasteiger partial charge in [-0.1, -0.05) is 36.8 Å². The van der Waals surface area contributed by atoms with E-state index in [0.717, 1.165) is 34.6 Å². The summed E-state index contributed by atoms with van der Waals surface area (Å²) in [4.78, 5) is 12.2. The summed E-state index contributed by atoms with van der Waals surface area (Å²) in [5.41, 5.74) is 3.07. The number of rotatable bonds is 8. The summed E-state index contributed by atoms with van der Waals surface area (Å²) in [7, 11) is 1.63. The first-order chi connectivity index (χ1) is 12.5. The maximum Gasteiger partial charge on any atom is 0.315 e. The Kier molecular flexibility index (Phi) is 7.33. The van der Waals surface area contributed by atoms with Crippen LogP contribution in [0.5, 0.6) is 11.5 Å². The van der Waals surface area contributed by atoms with Crippen molar-refractivity contribution in [1.29, 1.82) is 0 Å². The molecule has 5 nitrogen and oxygen atoms in total. The topological polar surface area (TPSA) is 59.6 Å². The predicted molar refractivity (Wildman–Crippen MR) is 104 cm³/mol. The zero-order chi connectivity index (χ0) is 18.9. The van der Waals surface area contributed by atoms with E-state index < -0.39 is 0 Å². The van der Waals surface area contributed by atoms with Crippen LogP contribution in [0.3, 0.4) is 0 Å². The van der Waals surface area contributed by atoms with Gasteiger partial charge < -0.3 is 20.1 Å². The number of carbonyl (C=O) groups is 1. The Balaban J connectivity index is 1.92. The maximum atomic E-state index is 12.2. The monoisotopic (exact) mass is 356 g/mol. The van der Waals surface area contributed by atoms with Crippen LogP contribution in [0, 0.1) is 6.92 Å². The molecule has 2 rings (SSSR count).